The van der Waals surface area contributed by atoms with E-state index < -0.39 is 15.8 Å². The van der Waals surface area contributed by atoms with Crippen molar-refractivity contribution in [1.82, 2.24) is 0 Å². The molecular formula is C18H18Br2O5S. The maximum atomic E-state index is 13.1. The molecule has 0 heterocycles. The van der Waals surface area contributed by atoms with Crippen molar-refractivity contribution in [1.29, 1.82) is 0 Å². The van der Waals surface area contributed by atoms with Gasteiger partial charge in [-0.25, -0.2) is 8.42 Å². The molecule has 0 bridgehead atoms. The van der Waals surface area contributed by atoms with Crippen LogP contribution in [0.3, 0.4) is 0 Å². The van der Waals surface area contributed by atoms with Gasteiger partial charge in [-0.1, -0.05) is 13.8 Å². The second kappa shape index (κ2) is 8.10. The minimum Gasteiger partial charge on any atom is -0.508 e. The minimum atomic E-state index is -3.84. The van der Waals surface area contributed by atoms with Gasteiger partial charge in [0.05, 0.1) is 4.90 Å². The number of aromatic hydroxyl groups is 1. The number of carbonyl (C=O) groups is 1. The molecule has 0 saturated heterocycles. The van der Waals surface area contributed by atoms with Gasteiger partial charge < -0.3 is 10.2 Å². The summed E-state index contributed by atoms with van der Waals surface area (Å²) < 4.78 is 26.9. The molecule has 0 atom stereocenters. The fraction of sp³-hybridized carbons (Fsp3) is 0.278. The van der Waals surface area contributed by atoms with E-state index in [1.165, 1.54) is 18.2 Å². The molecule has 0 aliphatic heterocycles. The van der Waals surface area contributed by atoms with Crippen LogP contribution in [-0.4, -0.2) is 24.6 Å². The van der Waals surface area contributed by atoms with Crippen molar-refractivity contribution in [2.24, 2.45) is 0 Å². The number of rotatable bonds is 6. The van der Waals surface area contributed by atoms with Gasteiger partial charge in [0.25, 0.3) is 0 Å². The zero-order valence-corrected chi connectivity index (χ0v) is 18.2. The van der Waals surface area contributed by atoms with Crippen LogP contribution in [0.2, 0.25) is 0 Å². The first kappa shape index (κ1) is 20.9. The van der Waals surface area contributed by atoms with Crippen LogP contribution in [0.25, 0.3) is 0 Å². The highest BCUT2D eigenvalue weighted by molar-refractivity contribution is 9.11. The van der Waals surface area contributed by atoms with Crippen LogP contribution in [0.15, 0.2) is 49.1 Å². The normalized spacial score (nSPS) is 11.7. The van der Waals surface area contributed by atoms with Gasteiger partial charge in [-0.15, -0.1) is 0 Å². The predicted molar refractivity (Wildman–Crippen MR) is 105 cm³/mol. The number of carboxylic acid groups (broad SMARTS) is 1. The molecule has 2 aromatic rings. The van der Waals surface area contributed by atoms with Gasteiger partial charge in [-0.05, 0) is 85.7 Å². The highest BCUT2D eigenvalue weighted by Crippen LogP contribution is 2.37. The number of aryl methyl sites for hydroxylation is 1. The summed E-state index contributed by atoms with van der Waals surface area (Å²) in [6.45, 7) is 3.74. The Balaban J connectivity index is 2.53. The number of phenolic OH excluding ortho intramolecular Hbond substituents is 1. The van der Waals surface area contributed by atoms with Gasteiger partial charge >= 0.3 is 5.97 Å². The summed E-state index contributed by atoms with van der Waals surface area (Å²) in [6.07, 6.45) is 0.254. The summed E-state index contributed by atoms with van der Waals surface area (Å²) in [5.74, 6) is -0.893. The van der Waals surface area contributed by atoms with Crippen molar-refractivity contribution in [2.75, 3.05) is 0 Å². The first-order valence-electron chi connectivity index (χ1n) is 7.81. The molecule has 0 saturated carbocycles. The highest BCUT2D eigenvalue weighted by Gasteiger charge is 2.25. The summed E-state index contributed by atoms with van der Waals surface area (Å²) >= 11 is 6.59. The minimum absolute atomic E-state index is 0.0320. The SMILES string of the molecule is CC(C)c1cc(S(=O)(=O)c2c(Br)cc(CCC(=O)O)cc2Br)ccc1O. The van der Waals surface area contributed by atoms with Crippen LogP contribution in [0.1, 0.15) is 37.3 Å². The van der Waals surface area contributed by atoms with Crippen LogP contribution >= 0.6 is 31.9 Å². The Hall–Kier alpha value is -1.38. The van der Waals surface area contributed by atoms with Crippen LogP contribution in [0, 0.1) is 0 Å². The molecule has 0 aliphatic rings. The van der Waals surface area contributed by atoms with Gasteiger partial charge in [0.1, 0.15) is 10.6 Å². The number of hydrogen-bond acceptors (Lipinski definition) is 4. The summed E-state index contributed by atoms with van der Waals surface area (Å²) in [7, 11) is -3.84. The van der Waals surface area contributed by atoms with E-state index in [0.29, 0.717) is 26.5 Å². The topological polar surface area (TPSA) is 91.7 Å². The molecule has 26 heavy (non-hydrogen) atoms. The van der Waals surface area contributed by atoms with Crippen LogP contribution < -0.4 is 0 Å². The Bertz CT molecular complexity index is 929. The second-order valence-electron chi connectivity index (χ2n) is 6.16. The van der Waals surface area contributed by atoms with Crippen LogP contribution in [0.5, 0.6) is 5.75 Å². The zero-order valence-electron chi connectivity index (χ0n) is 14.2. The largest absolute Gasteiger partial charge is 0.508 e. The van der Waals surface area contributed by atoms with Crippen molar-refractivity contribution >= 4 is 47.7 Å². The molecular weight excluding hydrogens is 488 g/mol. The van der Waals surface area contributed by atoms with E-state index in [9.17, 15) is 18.3 Å². The van der Waals surface area contributed by atoms with Gasteiger partial charge in [0.15, 0.2) is 0 Å². The summed E-state index contributed by atoms with van der Waals surface area (Å²) in [5, 5.41) is 18.7. The number of benzene rings is 2. The number of carboxylic acids is 1. The second-order valence-corrected chi connectivity index (χ2v) is 9.76. The summed E-state index contributed by atoms with van der Waals surface area (Å²) in [5.41, 5.74) is 1.26. The van der Waals surface area contributed by atoms with E-state index in [0.717, 1.165) is 0 Å². The lowest BCUT2D eigenvalue weighted by Crippen LogP contribution is -2.06. The van der Waals surface area contributed by atoms with E-state index in [-0.39, 0.29) is 27.9 Å². The third-order valence-corrected chi connectivity index (χ3v) is 7.51. The van der Waals surface area contributed by atoms with Crippen LogP contribution in [-0.2, 0) is 21.1 Å². The Morgan fingerprint density at radius 2 is 1.69 bits per heavy atom. The van der Waals surface area contributed by atoms with Gasteiger partial charge in [0.2, 0.25) is 9.84 Å². The zero-order chi connectivity index (χ0) is 19.6. The van der Waals surface area contributed by atoms with Gasteiger partial charge in [-0.3, -0.25) is 4.79 Å². The van der Waals surface area contributed by atoms with Gasteiger partial charge in [0, 0.05) is 15.4 Å². The molecule has 0 amide bonds. The molecule has 0 unspecified atom stereocenters. The Kier molecular flexibility index (Phi) is 6.52. The Morgan fingerprint density at radius 3 is 2.19 bits per heavy atom. The van der Waals surface area contributed by atoms with Crippen LogP contribution in [0.4, 0.5) is 0 Å². The monoisotopic (exact) mass is 504 g/mol. The first-order chi connectivity index (χ1) is 12.0. The fourth-order valence-corrected chi connectivity index (χ4v) is 6.50. The first-order valence-corrected chi connectivity index (χ1v) is 10.9. The van der Waals surface area contributed by atoms with Crippen molar-refractivity contribution in [2.45, 2.75) is 42.4 Å². The molecule has 0 aromatic heterocycles. The quantitative estimate of drug-likeness (QED) is 0.583. The maximum absolute atomic E-state index is 13.1. The summed E-state index contributed by atoms with van der Waals surface area (Å²) in [6, 6.07) is 7.46. The molecule has 2 N–H and O–H groups in total. The van der Waals surface area contributed by atoms with E-state index in [1.807, 2.05) is 13.8 Å². The average Bonchev–Trinajstić information content (AvgIpc) is 2.51. The lowest BCUT2D eigenvalue weighted by atomic mass is 10.0. The van der Waals surface area contributed by atoms with Crippen molar-refractivity contribution in [3.05, 3.63) is 50.4 Å². The molecule has 2 aromatic carbocycles. The Morgan fingerprint density at radius 1 is 1.12 bits per heavy atom. The number of hydrogen-bond donors (Lipinski definition) is 2. The maximum Gasteiger partial charge on any atom is 0.303 e. The van der Waals surface area contributed by atoms with E-state index in [2.05, 4.69) is 31.9 Å². The number of sulfone groups is 1. The molecule has 2 rings (SSSR count). The predicted octanol–water partition coefficient (Wildman–Crippen LogP) is 4.89. The lowest BCUT2D eigenvalue weighted by Gasteiger charge is -2.14. The molecule has 0 spiro atoms. The third-order valence-electron chi connectivity index (χ3n) is 3.89. The van der Waals surface area contributed by atoms with E-state index >= 15 is 0 Å². The highest BCUT2D eigenvalue weighted by atomic mass is 79.9. The molecule has 8 heteroatoms. The fourth-order valence-electron chi connectivity index (χ4n) is 2.54. The van der Waals surface area contributed by atoms with Crippen molar-refractivity contribution in [3.8, 4) is 5.75 Å². The molecule has 0 fully saturated rings. The molecule has 140 valence electrons. The average molecular weight is 506 g/mol. The standard InChI is InChI=1S/C18H18Br2O5S/c1-10(2)13-9-12(4-5-16(13)21)26(24,25)18-14(19)7-11(8-15(18)20)3-6-17(22)23/h4-5,7-10,21H,3,6H2,1-2H3,(H,22,23). The Labute approximate surface area is 169 Å². The number of phenols is 1. The third kappa shape index (κ3) is 4.47. The van der Waals surface area contributed by atoms with Crippen molar-refractivity contribution < 1.29 is 23.4 Å². The number of aliphatic carboxylic acids is 1. The van der Waals surface area contributed by atoms with E-state index in [1.54, 1.807) is 12.1 Å². The van der Waals surface area contributed by atoms with E-state index in [4.69, 9.17) is 5.11 Å². The summed E-state index contributed by atoms with van der Waals surface area (Å²) in [4.78, 5) is 10.9. The smallest absolute Gasteiger partial charge is 0.303 e. The molecule has 0 radical (unpaired) electrons. The molecule has 0 aliphatic carbocycles. The number of halogens is 2. The lowest BCUT2D eigenvalue weighted by molar-refractivity contribution is -0.136. The van der Waals surface area contributed by atoms with Gasteiger partial charge in [-0.2, -0.15) is 0 Å². The van der Waals surface area contributed by atoms with Crippen molar-refractivity contribution in [3.63, 3.8) is 0 Å². The molecule has 5 nitrogen and oxygen atoms in total.